The minimum Gasteiger partial charge on any atom is -0.492 e. The Morgan fingerprint density at radius 1 is 1.29 bits per heavy atom. The molecule has 35 heavy (non-hydrogen) atoms. The zero-order chi connectivity index (χ0) is 25.3. The largest absolute Gasteiger partial charge is 0.492 e. The number of morpholine rings is 1. The topological polar surface area (TPSA) is 103 Å². The third kappa shape index (κ3) is 11.5. The molecule has 9 heteroatoms. The number of amides is 1. The third-order valence-corrected chi connectivity index (χ3v) is 6.09. The number of nitrogens with two attached hydrogens (primary N) is 1. The predicted molar refractivity (Wildman–Crippen MR) is 143 cm³/mol. The first-order chi connectivity index (χ1) is 17.1. The second-order valence-electron chi connectivity index (χ2n) is 7.86. The van der Waals surface area contributed by atoms with E-state index in [0.717, 1.165) is 80.5 Å². The van der Waals surface area contributed by atoms with E-state index in [1.807, 2.05) is 44.2 Å². The van der Waals surface area contributed by atoms with Crippen LogP contribution >= 0.6 is 11.3 Å². The zero-order valence-corrected chi connectivity index (χ0v) is 21.8. The van der Waals surface area contributed by atoms with Crippen LogP contribution in [0.5, 0.6) is 5.75 Å². The molecule has 1 aromatic heterocycles. The molecule has 1 aliphatic rings. The van der Waals surface area contributed by atoms with E-state index in [-0.39, 0.29) is 12.3 Å². The van der Waals surface area contributed by atoms with Gasteiger partial charge in [0.05, 0.1) is 19.6 Å². The summed E-state index contributed by atoms with van der Waals surface area (Å²) < 4.78 is 11.2. The number of allylic oxidation sites excluding steroid dienone is 3. The normalized spacial score (nSPS) is 14.1. The van der Waals surface area contributed by atoms with Crippen molar-refractivity contribution in [3.8, 4) is 5.75 Å². The van der Waals surface area contributed by atoms with Crippen molar-refractivity contribution in [1.29, 1.82) is 0 Å². The number of nitrogens with zero attached hydrogens (tertiary/aromatic N) is 3. The molecule has 1 amide bonds. The number of carbonyl (C=O) groups is 1. The number of ether oxygens (including phenoxy) is 2. The van der Waals surface area contributed by atoms with Crippen molar-refractivity contribution in [3.05, 3.63) is 59.3 Å². The number of aromatic nitrogens is 2. The van der Waals surface area contributed by atoms with Gasteiger partial charge in [0.25, 0.3) is 0 Å². The summed E-state index contributed by atoms with van der Waals surface area (Å²) in [6.07, 6.45) is 7.37. The van der Waals surface area contributed by atoms with Gasteiger partial charge >= 0.3 is 0 Å². The number of nitrogens with one attached hydrogen (secondary N) is 1. The maximum atomic E-state index is 12.5. The monoisotopic (exact) mass is 501 g/mol. The number of anilines is 1. The highest BCUT2D eigenvalue weighted by molar-refractivity contribution is 7.15. The lowest BCUT2D eigenvalue weighted by molar-refractivity contribution is -0.115. The Bertz CT molecular complexity index is 925. The first-order valence-corrected chi connectivity index (χ1v) is 13.1. The van der Waals surface area contributed by atoms with Gasteiger partial charge < -0.3 is 20.5 Å². The van der Waals surface area contributed by atoms with E-state index in [1.165, 1.54) is 11.3 Å². The summed E-state index contributed by atoms with van der Waals surface area (Å²) in [6, 6.07) is 7.66. The number of carbonyl (C=O) groups excluding carboxylic acids is 1. The number of unbranched alkanes of at least 4 members (excludes halogenated alkanes) is 1. The van der Waals surface area contributed by atoms with Crippen LogP contribution in [0.25, 0.3) is 0 Å². The van der Waals surface area contributed by atoms with Crippen molar-refractivity contribution in [3.63, 3.8) is 0 Å². The smallest absolute Gasteiger partial charge is 0.230 e. The first kappa shape index (κ1) is 28.5. The van der Waals surface area contributed by atoms with E-state index < -0.39 is 0 Å². The molecule has 3 rings (SSSR count). The molecule has 192 valence electrons. The molecule has 1 aromatic carbocycles. The summed E-state index contributed by atoms with van der Waals surface area (Å²) in [7, 11) is 0. The van der Waals surface area contributed by atoms with Gasteiger partial charge in [0, 0.05) is 31.8 Å². The van der Waals surface area contributed by atoms with Crippen LogP contribution in [-0.2, 0) is 22.4 Å². The fourth-order valence-corrected chi connectivity index (χ4v) is 4.25. The van der Waals surface area contributed by atoms with Gasteiger partial charge in [-0.2, -0.15) is 0 Å². The van der Waals surface area contributed by atoms with Gasteiger partial charge in [0.15, 0.2) is 0 Å². The third-order valence-electron chi connectivity index (χ3n) is 5.19. The van der Waals surface area contributed by atoms with Gasteiger partial charge in [-0.25, -0.2) is 0 Å². The van der Waals surface area contributed by atoms with Crippen LogP contribution in [-0.4, -0.2) is 60.5 Å². The molecule has 0 spiro atoms. The Morgan fingerprint density at radius 2 is 2.09 bits per heavy atom. The number of aryl methyl sites for hydroxylation is 1. The van der Waals surface area contributed by atoms with Crippen LogP contribution in [0.15, 0.2) is 48.7 Å². The summed E-state index contributed by atoms with van der Waals surface area (Å²) in [5.41, 5.74) is 7.58. The second kappa shape index (κ2) is 16.8. The van der Waals surface area contributed by atoms with Gasteiger partial charge in [-0.3, -0.25) is 9.69 Å². The average Bonchev–Trinajstić information content (AvgIpc) is 3.31. The number of benzene rings is 1. The lowest BCUT2D eigenvalue weighted by atomic mass is 10.1. The Balaban J connectivity index is 0.00000210. The molecule has 0 radical (unpaired) electrons. The molecular formula is C26H39N5O3S. The van der Waals surface area contributed by atoms with Crippen LogP contribution in [0, 0.1) is 0 Å². The molecule has 1 saturated heterocycles. The summed E-state index contributed by atoms with van der Waals surface area (Å²) >= 11 is 1.41. The molecule has 3 N–H and O–H groups in total. The van der Waals surface area contributed by atoms with Crippen molar-refractivity contribution in [2.45, 2.75) is 46.0 Å². The molecule has 1 fully saturated rings. The molecule has 8 nitrogen and oxygen atoms in total. The van der Waals surface area contributed by atoms with Gasteiger partial charge in [-0.05, 0) is 43.0 Å². The van der Waals surface area contributed by atoms with E-state index in [4.69, 9.17) is 15.2 Å². The number of rotatable bonds is 13. The molecule has 1 aliphatic heterocycles. The Morgan fingerprint density at radius 3 is 2.86 bits per heavy atom. The van der Waals surface area contributed by atoms with Crippen LogP contribution < -0.4 is 15.8 Å². The van der Waals surface area contributed by atoms with Gasteiger partial charge in [0.1, 0.15) is 17.4 Å². The van der Waals surface area contributed by atoms with Crippen LogP contribution in [0.4, 0.5) is 5.13 Å². The van der Waals surface area contributed by atoms with E-state index in [2.05, 4.69) is 27.0 Å². The van der Waals surface area contributed by atoms with E-state index >= 15 is 0 Å². The Kier molecular flexibility index (Phi) is 13.7. The zero-order valence-electron chi connectivity index (χ0n) is 21.0. The van der Waals surface area contributed by atoms with Crippen molar-refractivity contribution in [2.75, 3.05) is 44.8 Å². The average molecular weight is 502 g/mol. The van der Waals surface area contributed by atoms with Gasteiger partial charge in [0.2, 0.25) is 11.0 Å². The second-order valence-corrected chi connectivity index (χ2v) is 8.92. The number of hydrogen-bond donors (Lipinski definition) is 2. The minimum atomic E-state index is -0.120. The highest BCUT2D eigenvalue weighted by atomic mass is 32.1. The van der Waals surface area contributed by atoms with Gasteiger partial charge in [-0.1, -0.05) is 50.0 Å². The summed E-state index contributed by atoms with van der Waals surface area (Å²) in [5.74, 6) is 0.654. The molecule has 0 aliphatic carbocycles. The summed E-state index contributed by atoms with van der Waals surface area (Å²) in [4.78, 5) is 14.8. The fraction of sp³-hybridized carbons (Fsp3) is 0.500. The molecule has 0 unspecified atom stereocenters. The van der Waals surface area contributed by atoms with Gasteiger partial charge in [-0.15, -0.1) is 10.2 Å². The molecule has 0 atom stereocenters. The summed E-state index contributed by atoms with van der Waals surface area (Å²) in [5, 5.41) is 12.6. The van der Waals surface area contributed by atoms with Crippen molar-refractivity contribution in [1.82, 2.24) is 15.1 Å². The van der Waals surface area contributed by atoms with Crippen LogP contribution in [0.2, 0.25) is 0 Å². The standard InChI is InChI=1S/C24H33N5O3S.C2H6/c1-2-6-20(25)8-3-4-10-23-27-28-24(33-23)26-22(30)18-19-7-5-9-21(17-19)32-16-13-29-11-14-31-15-12-29;1-2/h2,5-7,9,17H,1,3-4,8,10-16,18,25H2,(H,26,28,30);1-2H3/b20-6-;. The maximum absolute atomic E-state index is 12.5. The molecule has 0 saturated carbocycles. The van der Waals surface area contributed by atoms with Crippen molar-refractivity contribution >= 4 is 22.4 Å². The van der Waals surface area contributed by atoms with Crippen molar-refractivity contribution in [2.24, 2.45) is 5.73 Å². The Labute approximate surface area is 213 Å². The maximum Gasteiger partial charge on any atom is 0.230 e. The van der Waals surface area contributed by atoms with E-state index in [0.29, 0.717) is 11.7 Å². The van der Waals surface area contributed by atoms with E-state index in [1.54, 1.807) is 6.08 Å². The summed E-state index contributed by atoms with van der Waals surface area (Å²) in [6.45, 7) is 12.6. The predicted octanol–water partition coefficient (Wildman–Crippen LogP) is 4.20. The van der Waals surface area contributed by atoms with Crippen LogP contribution in [0.3, 0.4) is 0 Å². The highest BCUT2D eigenvalue weighted by Crippen LogP contribution is 2.19. The van der Waals surface area contributed by atoms with Crippen molar-refractivity contribution < 1.29 is 14.3 Å². The molecule has 2 heterocycles. The lowest BCUT2D eigenvalue weighted by Gasteiger charge is -2.26. The lowest BCUT2D eigenvalue weighted by Crippen LogP contribution is -2.38. The molecular weight excluding hydrogens is 462 g/mol. The van der Waals surface area contributed by atoms with E-state index in [9.17, 15) is 4.79 Å². The minimum absolute atomic E-state index is 0.120. The highest BCUT2D eigenvalue weighted by Gasteiger charge is 2.11. The first-order valence-electron chi connectivity index (χ1n) is 12.3. The fourth-order valence-electron chi connectivity index (χ4n) is 3.46. The molecule has 0 bridgehead atoms. The quantitative estimate of drug-likeness (QED) is 0.313. The number of hydrogen-bond acceptors (Lipinski definition) is 8. The SMILES string of the molecule is C=C/C=C(\N)CCCCc1nnc(NC(=O)Cc2cccc(OCCN3CCOCC3)c2)s1.CC. The molecule has 2 aromatic rings. The van der Waals surface area contributed by atoms with Crippen LogP contribution in [0.1, 0.15) is 43.7 Å². The Hall–Kier alpha value is -2.75.